The van der Waals surface area contributed by atoms with Gasteiger partial charge in [-0.1, -0.05) is 26.0 Å². The van der Waals surface area contributed by atoms with E-state index in [9.17, 15) is 38.3 Å². The molecule has 4 atom stereocenters. The van der Waals surface area contributed by atoms with Crippen molar-refractivity contribution in [1.29, 1.82) is 0 Å². The summed E-state index contributed by atoms with van der Waals surface area (Å²) in [6.45, 7) is 4.79. The molecule has 38 heavy (non-hydrogen) atoms. The van der Waals surface area contributed by atoms with Gasteiger partial charge in [0.25, 0.3) is 5.69 Å². The van der Waals surface area contributed by atoms with E-state index in [2.05, 4.69) is 4.98 Å². The van der Waals surface area contributed by atoms with Gasteiger partial charge in [0, 0.05) is 29.3 Å². The Labute approximate surface area is 220 Å². The number of aliphatic hydroxyl groups excluding tert-OH is 1. The number of amides is 1. The maximum absolute atomic E-state index is 13.1. The van der Waals surface area contributed by atoms with Crippen molar-refractivity contribution in [2.24, 2.45) is 11.3 Å². The van der Waals surface area contributed by atoms with E-state index in [1.54, 1.807) is 25.3 Å². The van der Waals surface area contributed by atoms with E-state index in [-0.39, 0.29) is 28.6 Å². The molecule has 200 valence electrons. The molecule has 1 amide bonds. The molecule has 0 unspecified atom stereocenters. The van der Waals surface area contributed by atoms with E-state index in [4.69, 9.17) is 0 Å². The quantitative estimate of drug-likeness (QED) is 0.238. The Kier molecular flexibility index (Phi) is 5.96. The number of aromatic nitrogens is 2. The van der Waals surface area contributed by atoms with Crippen molar-refractivity contribution in [3.05, 3.63) is 63.0 Å². The summed E-state index contributed by atoms with van der Waals surface area (Å²) >= 11 is 1.06. The first-order valence-corrected chi connectivity index (χ1v) is 14.2. The van der Waals surface area contributed by atoms with E-state index in [1.165, 1.54) is 41.6 Å². The highest BCUT2D eigenvalue weighted by atomic mass is 32.2. The zero-order chi connectivity index (χ0) is 27.7. The number of carboxylic acids is 1. The lowest BCUT2D eigenvalue weighted by Crippen LogP contribution is -2.66. The average molecular weight is 561 g/mol. The Morgan fingerprint density at radius 2 is 1.97 bits per heavy atom. The lowest BCUT2D eigenvalue weighted by molar-refractivity contribution is -0.384. The molecule has 0 radical (unpaired) electrons. The van der Waals surface area contributed by atoms with Crippen molar-refractivity contribution in [2.75, 3.05) is 5.75 Å². The molecule has 2 aliphatic heterocycles. The minimum absolute atomic E-state index is 0.0970. The van der Waals surface area contributed by atoms with Gasteiger partial charge < -0.3 is 15.1 Å². The first kappa shape index (κ1) is 26.0. The summed E-state index contributed by atoms with van der Waals surface area (Å²) in [6.07, 6.45) is 2.11. The minimum Gasteiger partial charge on any atom is -0.477 e. The number of carboxylic acid groups (broad SMARTS) is 1. The van der Waals surface area contributed by atoms with Crippen LogP contribution < -0.4 is 0 Å². The van der Waals surface area contributed by atoms with Crippen LogP contribution in [0.2, 0.25) is 0 Å². The molecule has 12 nitrogen and oxygen atoms in total. The Balaban J connectivity index is 1.71. The number of rotatable bonds is 8. The van der Waals surface area contributed by atoms with Crippen LogP contribution >= 0.6 is 11.3 Å². The smallest absolute Gasteiger partial charge is 0.352 e. The number of fused-ring (bicyclic) bond motifs is 2. The third kappa shape index (κ3) is 3.66. The lowest BCUT2D eigenvalue weighted by atomic mass is 9.64. The number of thiazole rings is 1. The summed E-state index contributed by atoms with van der Waals surface area (Å²) in [6, 6.07) is 5.18. The van der Waals surface area contributed by atoms with E-state index in [1.807, 2.05) is 0 Å². The Morgan fingerprint density at radius 1 is 1.32 bits per heavy atom. The predicted octanol–water partition coefficient (Wildman–Crippen LogP) is 2.36. The fourth-order valence-corrected chi connectivity index (χ4v) is 8.17. The van der Waals surface area contributed by atoms with Crippen LogP contribution in [0.5, 0.6) is 0 Å². The standard InChI is InChI=1S/C24H24N4O8S2/c1-4-38(35,36)20-22-26(11-25-20)10-15(37-22)17-18(23(31)32)27-19(16(12(2)29)21(27)30)24(17,3)9-13-5-7-14(8-6-13)28(33)34/h5-8,10-12,16,19,29H,4,9H2,1-3H3,(H,31,32)/t12-,16-,19-,24+/m1/s1. The lowest BCUT2D eigenvalue weighted by Gasteiger charge is -2.51. The second-order valence-electron chi connectivity index (χ2n) is 9.73. The number of nitro groups is 1. The number of aliphatic hydroxyl groups is 1. The molecular weight excluding hydrogens is 536 g/mol. The van der Waals surface area contributed by atoms with Gasteiger partial charge in [0.15, 0.2) is 14.9 Å². The number of nitro benzene ring substituents is 1. The van der Waals surface area contributed by atoms with Gasteiger partial charge in [0.2, 0.25) is 5.91 Å². The molecule has 0 bridgehead atoms. The van der Waals surface area contributed by atoms with Gasteiger partial charge in [-0.15, -0.1) is 11.3 Å². The number of carbonyl (C=O) groups excluding carboxylic acids is 1. The van der Waals surface area contributed by atoms with Gasteiger partial charge >= 0.3 is 5.97 Å². The van der Waals surface area contributed by atoms with Gasteiger partial charge in [-0.25, -0.2) is 18.2 Å². The number of sulfone groups is 1. The molecule has 4 heterocycles. The number of aliphatic carboxylic acids is 1. The summed E-state index contributed by atoms with van der Waals surface area (Å²) < 4.78 is 26.7. The van der Waals surface area contributed by atoms with Gasteiger partial charge in [-0.05, 0) is 18.9 Å². The first-order valence-electron chi connectivity index (χ1n) is 11.7. The normalized spacial score (nSPS) is 24.0. The number of hydrogen-bond donors (Lipinski definition) is 2. The summed E-state index contributed by atoms with van der Waals surface area (Å²) in [5.74, 6) is -2.85. The Morgan fingerprint density at radius 3 is 2.53 bits per heavy atom. The SMILES string of the molecule is CCS(=O)(=O)c1ncn2cc(C3=C(C(=O)O)N4C(=O)[C@H]([C@@H](C)O)[C@@H]4[C@@]3(C)Cc3ccc([N+](=O)[O-])cc3)sc12. The second kappa shape index (κ2) is 8.71. The molecule has 2 N–H and O–H groups in total. The van der Waals surface area contributed by atoms with Crippen LogP contribution in [0.1, 0.15) is 31.2 Å². The number of carbonyl (C=O) groups is 2. The molecule has 2 aliphatic rings. The Hall–Kier alpha value is -3.62. The molecule has 1 fully saturated rings. The third-order valence-corrected chi connectivity index (χ3v) is 10.3. The number of nitrogens with zero attached hydrogens (tertiary/aromatic N) is 4. The zero-order valence-corrected chi connectivity index (χ0v) is 22.2. The van der Waals surface area contributed by atoms with Crippen molar-refractivity contribution in [1.82, 2.24) is 14.3 Å². The maximum atomic E-state index is 13.1. The Bertz CT molecular complexity index is 1640. The number of imidazole rings is 1. The molecule has 14 heteroatoms. The molecule has 1 aromatic carbocycles. The molecule has 1 saturated heterocycles. The minimum atomic E-state index is -3.65. The highest BCUT2D eigenvalue weighted by Crippen LogP contribution is 2.59. The van der Waals surface area contributed by atoms with Gasteiger partial charge in [0.05, 0.1) is 33.6 Å². The fourth-order valence-electron chi connectivity index (χ4n) is 5.65. The van der Waals surface area contributed by atoms with E-state index in [0.29, 0.717) is 20.8 Å². The van der Waals surface area contributed by atoms with E-state index < -0.39 is 50.1 Å². The van der Waals surface area contributed by atoms with Crippen molar-refractivity contribution < 1.29 is 33.1 Å². The highest BCUT2D eigenvalue weighted by molar-refractivity contribution is 7.91. The number of β-lactam (4-membered cyclic amide) rings is 1. The van der Waals surface area contributed by atoms with Crippen LogP contribution in [0.25, 0.3) is 10.4 Å². The second-order valence-corrected chi connectivity index (χ2v) is 13.0. The monoisotopic (exact) mass is 560 g/mol. The van der Waals surface area contributed by atoms with Crippen LogP contribution in [0, 0.1) is 21.4 Å². The molecule has 0 saturated carbocycles. The van der Waals surface area contributed by atoms with Crippen LogP contribution in [0.3, 0.4) is 0 Å². The van der Waals surface area contributed by atoms with Crippen LogP contribution in [0.15, 0.2) is 47.5 Å². The number of non-ortho nitro benzene ring substituents is 1. The van der Waals surface area contributed by atoms with Gasteiger partial charge in [0.1, 0.15) is 16.9 Å². The summed E-state index contributed by atoms with van der Waals surface area (Å²) in [7, 11) is -3.65. The van der Waals surface area contributed by atoms with Crippen LogP contribution in [0.4, 0.5) is 5.69 Å². The van der Waals surface area contributed by atoms with Gasteiger partial charge in [-0.2, -0.15) is 0 Å². The molecule has 3 aromatic rings. The third-order valence-electron chi connectivity index (χ3n) is 7.38. The largest absolute Gasteiger partial charge is 0.477 e. The van der Waals surface area contributed by atoms with Crippen LogP contribution in [-0.2, 0) is 25.8 Å². The topological polar surface area (TPSA) is 172 Å². The van der Waals surface area contributed by atoms with Crippen molar-refractivity contribution in [2.45, 2.75) is 44.4 Å². The fraction of sp³-hybridized carbons (Fsp3) is 0.375. The molecule has 2 aromatic heterocycles. The maximum Gasteiger partial charge on any atom is 0.352 e. The van der Waals surface area contributed by atoms with E-state index >= 15 is 0 Å². The average Bonchev–Trinajstić information content (AvgIpc) is 3.48. The number of benzene rings is 1. The van der Waals surface area contributed by atoms with Crippen molar-refractivity contribution in [3.63, 3.8) is 0 Å². The van der Waals surface area contributed by atoms with Crippen LogP contribution in [-0.4, -0.2) is 67.6 Å². The molecule has 0 spiro atoms. The van der Waals surface area contributed by atoms with E-state index in [0.717, 1.165) is 11.3 Å². The highest BCUT2D eigenvalue weighted by Gasteiger charge is 2.66. The van der Waals surface area contributed by atoms with Crippen molar-refractivity contribution >= 4 is 49.1 Å². The molecule has 0 aliphatic carbocycles. The molecule has 5 rings (SSSR count). The number of hydrogen-bond acceptors (Lipinski definition) is 9. The first-order chi connectivity index (χ1) is 17.8. The van der Waals surface area contributed by atoms with Crippen molar-refractivity contribution in [3.8, 4) is 0 Å². The summed E-state index contributed by atoms with van der Waals surface area (Å²) in [5, 5.41) is 31.7. The summed E-state index contributed by atoms with van der Waals surface area (Å²) in [4.78, 5) is 42.3. The summed E-state index contributed by atoms with van der Waals surface area (Å²) in [5.41, 5.74) is -0.346. The molecular formula is C24H24N4O8S2. The predicted molar refractivity (Wildman–Crippen MR) is 136 cm³/mol. The zero-order valence-electron chi connectivity index (χ0n) is 20.6. The van der Waals surface area contributed by atoms with Gasteiger partial charge in [-0.3, -0.25) is 19.3 Å².